The highest BCUT2D eigenvalue weighted by Crippen LogP contribution is 2.66. The maximum absolute atomic E-state index is 12.8. The first-order chi connectivity index (χ1) is 24.1. The van der Waals surface area contributed by atoms with Crippen molar-refractivity contribution in [1.29, 1.82) is 0 Å². The van der Waals surface area contributed by atoms with Gasteiger partial charge in [-0.3, -0.25) is 4.79 Å². The Morgan fingerprint density at radius 2 is 1.44 bits per heavy atom. The first-order valence-electron chi connectivity index (χ1n) is 21.0. The van der Waals surface area contributed by atoms with Crippen LogP contribution in [-0.2, 0) is 9.53 Å². The fourth-order valence-corrected chi connectivity index (χ4v) is 9.85. The molecule has 0 amide bonds. The molecule has 1 unspecified atom stereocenters. The van der Waals surface area contributed by atoms with Gasteiger partial charge in [0.05, 0.1) is 0 Å². The molecule has 8 atom stereocenters. The molecule has 2 nitrogen and oxygen atoms in total. The van der Waals surface area contributed by atoms with Gasteiger partial charge in [-0.15, -0.1) is 0 Å². The lowest BCUT2D eigenvalue weighted by Crippen LogP contribution is -2.46. The van der Waals surface area contributed by atoms with Crippen LogP contribution in [0.3, 0.4) is 0 Å². The maximum Gasteiger partial charge on any atom is 0.306 e. The molecule has 0 N–H and O–H groups in total. The Labute approximate surface area is 308 Å². The lowest BCUT2D eigenvalue weighted by Gasteiger charge is -2.55. The molecule has 3 fully saturated rings. The van der Waals surface area contributed by atoms with Crippen LogP contribution in [-0.4, -0.2) is 12.1 Å². The van der Waals surface area contributed by atoms with Crippen LogP contribution in [0.2, 0.25) is 0 Å². The lowest BCUT2D eigenvalue weighted by molar-refractivity contribution is -0.150. The van der Waals surface area contributed by atoms with E-state index in [4.69, 9.17) is 4.74 Å². The highest BCUT2D eigenvalue weighted by atomic mass is 16.5. The molecule has 0 heterocycles. The Kier molecular flexibility index (Phi) is 16.2. The van der Waals surface area contributed by atoms with Crippen molar-refractivity contribution >= 4 is 5.97 Å². The average molecular weight is 683 g/mol. The van der Waals surface area contributed by atoms with Crippen molar-refractivity contribution in [3.63, 3.8) is 0 Å². The molecule has 4 aliphatic carbocycles. The average Bonchev–Trinajstić information content (AvgIpc) is 3.45. The van der Waals surface area contributed by atoms with Gasteiger partial charge in [-0.05, 0) is 130 Å². The molecule has 278 valence electrons. The predicted molar refractivity (Wildman–Crippen MR) is 216 cm³/mol. The Morgan fingerprint density at radius 3 is 2.10 bits per heavy atom. The summed E-state index contributed by atoms with van der Waals surface area (Å²) >= 11 is 0. The largest absolute Gasteiger partial charge is 0.462 e. The smallest absolute Gasteiger partial charge is 0.306 e. The molecule has 0 aliphatic heterocycles. The van der Waals surface area contributed by atoms with E-state index in [9.17, 15) is 4.79 Å². The van der Waals surface area contributed by atoms with Crippen LogP contribution in [0.15, 0.2) is 84.1 Å². The Hall–Kier alpha value is -2.35. The molecule has 50 heavy (non-hydrogen) atoms. The van der Waals surface area contributed by atoms with Crippen LogP contribution in [0.25, 0.3) is 0 Å². The molecule has 4 rings (SSSR count). The van der Waals surface area contributed by atoms with Crippen LogP contribution in [0.5, 0.6) is 0 Å². The second-order valence-corrected chi connectivity index (χ2v) is 17.3. The minimum absolute atomic E-state index is 0.0153. The van der Waals surface area contributed by atoms with Crippen molar-refractivity contribution in [1.82, 2.24) is 0 Å². The van der Waals surface area contributed by atoms with Crippen LogP contribution < -0.4 is 0 Å². The number of esters is 1. The van der Waals surface area contributed by atoms with Crippen molar-refractivity contribution in [2.24, 2.45) is 46.3 Å². The van der Waals surface area contributed by atoms with Crippen LogP contribution in [0.4, 0.5) is 0 Å². The van der Waals surface area contributed by atoms with E-state index in [1.807, 2.05) is 0 Å². The number of ether oxygens (including phenoxy) is 1. The monoisotopic (exact) mass is 683 g/mol. The number of hydrogen-bond donors (Lipinski definition) is 0. The summed E-state index contributed by atoms with van der Waals surface area (Å²) in [6.45, 7) is 16.9. The molecule has 0 aromatic heterocycles. The number of carbonyl (C=O) groups excluding carboxylic acids is 1. The number of unbranched alkanes of at least 4 members (excludes halogenated alkanes) is 4. The highest BCUT2D eigenvalue weighted by Gasteiger charge is 2.57. The molecular weight excluding hydrogens is 609 g/mol. The quantitative estimate of drug-likeness (QED) is 0.0770. The molecule has 2 heteroatoms. The third-order valence-corrected chi connectivity index (χ3v) is 13.5. The van der Waals surface area contributed by atoms with Gasteiger partial charge < -0.3 is 4.74 Å². The van der Waals surface area contributed by atoms with Gasteiger partial charge in [-0.1, -0.05) is 145 Å². The maximum atomic E-state index is 12.8. The van der Waals surface area contributed by atoms with Gasteiger partial charge >= 0.3 is 5.97 Å². The number of allylic oxidation sites excluding steroid dienone is 13. The zero-order valence-electron chi connectivity index (χ0n) is 33.3. The molecule has 4 aliphatic rings. The summed E-state index contributed by atoms with van der Waals surface area (Å²) in [5, 5.41) is 0. The number of rotatable bonds is 19. The van der Waals surface area contributed by atoms with Crippen molar-refractivity contribution in [3.8, 4) is 0 Å². The van der Waals surface area contributed by atoms with E-state index in [0.29, 0.717) is 35.5 Å². The standard InChI is InChI=1S/C48H74O2/c1-8-9-10-11-12-13-14-15-16-17-18-19-20-21-22-23-24-25-46(49)50-41-32-34-47(6)40(36-41)28-29-42-44-31-30-43(48(44,7)35-33-45(42)47)39(5)27-26-38(4)37(2)3/h12-13,15-16,18-19,21-22,26-29,37-39,41,43-45H,8-11,14,17,20,23-25,30-36H2,1-7H3/b13-12-,16-15-,19-18-,22-21-,27-26?/t38-,39+,41?,43+,44-,45-,47-,48+/m0/s1. The summed E-state index contributed by atoms with van der Waals surface area (Å²) in [4.78, 5) is 12.8. The molecule has 0 saturated heterocycles. The molecular formula is C48H74O2. The van der Waals surface area contributed by atoms with Gasteiger partial charge in [0.2, 0.25) is 0 Å². The van der Waals surface area contributed by atoms with Gasteiger partial charge in [0.15, 0.2) is 0 Å². The molecule has 0 aromatic carbocycles. The van der Waals surface area contributed by atoms with Gasteiger partial charge in [0, 0.05) is 12.8 Å². The number of fused-ring (bicyclic) bond motifs is 5. The third kappa shape index (κ3) is 10.8. The fraction of sp³-hybridized carbons (Fsp3) is 0.688. The summed E-state index contributed by atoms with van der Waals surface area (Å²) < 4.78 is 6.08. The molecule has 0 radical (unpaired) electrons. The van der Waals surface area contributed by atoms with Crippen molar-refractivity contribution in [3.05, 3.63) is 84.1 Å². The van der Waals surface area contributed by atoms with Crippen LogP contribution in [0, 0.1) is 46.3 Å². The third-order valence-electron chi connectivity index (χ3n) is 13.5. The number of carbonyl (C=O) groups is 1. The van der Waals surface area contributed by atoms with Crippen LogP contribution >= 0.6 is 0 Å². The SMILES string of the molecule is CCCCC/C=C\C/C=C\C/C=C\C/C=C\CCCC(=O)OC1CC[C@@]2(C)C(=CC=C3[C@@H]4CC[C@H]([C@H](C)C=C[C@H](C)C(C)C)[C@@]4(C)CC[C@@H]32)C1. The summed E-state index contributed by atoms with van der Waals surface area (Å²) in [6, 6.07) is 0. The van der Waals surface area contributed by atoms with E-state index >= 15 is 0 Å². The second-order valence-electron chi connectivity index (χ2n) is 17.3. The first kappa shape index (κ1) is 40.4. The zero-order valence-corrected chi connectivity index (χ0v) is 33.3. The minimum Gasteiger partial charge on any atom is -0.462 e. The van der Waals surface area contributed by atoms with E-state index in [1.54, 1.807) is 5.57 Å². The minimum atomic E-state index is -0.0153. The van der Waals surface area contributed by atoms with E-state index in [1.165, 1.54) is 56.9 Å². The van der Waals surface area contributed by atoms with E-state index in [0.717, 1.165) is 63.2 Å². The van der Waals surface area contributed by atoms with Gasteiger partial charge in [0.25, 0.3) is 0 Å². The van der Waals surface area contributed by atoms with Gasteiger partial charge in [-0.25, -0.2) is 0 Å². The summed E-state index contributed by atoms with van der Waals surface area (Å²) in [5.41, 5.74) is 3.93. The Balaban J connectivity index is 1.17. The summed E-state index contributed by atoms with van der Waals surface area (Å²) in [5.74, 6) is 4.14. The highest BCUT2D eigenvalue weighted by molar-refractivity contribution is 5.69. The zero-order chi connectivity index (χ0) is 36.0. The van der Waals surface area contributed by atoms with Crippen molar-refractivity contribution in [2.45, 2.75) is 164 Å². The normalized spacial score (nSPS) is 31.0. The molecule has 0 aromatic rings. The second kappa shape index (κ2) is 20.0. The van der Waals surface area contributed by atoms with E-state index in [2.05, 4.69) is 121 Å². The molecule has 3 saturated carbocycles. The van der Waals surface area contributed by atoms with Crippen LogP contribution in [0.1, 0.15) is 158 Å². The number of hydrogen-bond acceptors (Lipinski definition) is 2. The van der Waals surface area contributed by atoms with Crippen molar-refractivity contribution in [2.75, 3.05) is 0 Å². The molecule has 0 bridgehead atoms. The lowest BCUT2D eigenvalue weighted by atomic mass is 9.50. The Bertz CT molecular complexity index is 1270. The summed E-state index contributed by atoms with van der Waals surface area (Å²) in [7, 11) is 0. The summed E-state index contributed by atoms with van der Waals surface area (Å²) in [6.07, 6.45) is 47.0. The first-order valence-corrected chi connectivity index (χ1v) is 21.0. The Morgan fingerprint density at radius 1 is 0.780 bits per heavy atom. The van der Waals surface area contributed by atoms with Gasteiger partial charge in [-0.2, -0.15) is 0 Å². The molecule has 0 spiro atoms. The van der Waals surface area contributed by atoms with Gasteiger partial charge in [0.1, 0.15) is 6.10 Å². The topological polar surface area (TPSA) is 26.3 Å². The van der Waals surface area contributed by atoms with E-state index in [-0.39, 0.29) is 17.5 Å². The fourth-order valence-electron chi connectivity index (χ4n) is 9.85. The van der Waals surface area contributed by atoms with Crippen molar-refractivity contribution < 1.29 is 9.53 Å². The van der Waals surface area contributed by atoms with E-state index < -0.39 is 0 Å². The predicted octanol–water partition coefficient (Wildman–Crippen LogP) is 14.0.